The van der Waals surface area contributed by atoms with Crippen molar-refractivity contribution in [3.05, 3.63) is 23.3 Å². The maximum atomic E-state index is 11.0. The largest absolute Gasteiger partial charge is 0.496 e. The molecule has 3 N–H and O–H groups in total. The monoisotopic (exact) mass is 255 g/mol. The van der Waals surface area contributed by atoms with E-state index in [9.17, 15) is 4.79 Å². The molecule has 1 rings (SSSR count). The summed E-state index contributed by atoms with van der Waals surface area (Å²) in [5.41, 5.74) is 6.75. The van der Waals surface area contributed by atoms with Crippen molar-refractivity contribution in [3.8, 4) is 11.5 Å². The summed E-state index contributed by atoms with van der Waals surface area (Å²) < 4.78 is 15.4. The Hall–Kier alpha value is -1.79. The second-order valence-corrected chi connectivity index (χ2v) is 3.66. The summed E-state index contributed by atoms with van der Waals surface area (Å²) >= 11 is 0. The van der Waals surface area contributed by atoms with Crippen molar-refractivity contribution >= 4 is 5.97 Å². The molecule has 0 aliphatic heterocycles. The molecule has 0 bridgehead atoms. The number of carboxylic acid groups (broad SMARTS) is 1. The number of methoxy groups -OCH3 is 3. The second kappa shape index (κ2) is 6.23. The summed E-state index contributed by atoms with van der Waals surface area (Å²) in [5.74, 6) is -0.404. The fourth-order valence-electron chi connectivity index (χ4n) is 1.67. The maximum Gasteiger partial charge on any atom is 0.325 e. The lowest BCUT2D eigenvalue weighted by Gasteiger charge is -2.17. The Kier molecular flexibility index (Phi) is 4.94. The van der Waals surface area contributed by atoms with Crippen molar-refractivity contribution in [1.82, 2.24) is 0 Å². The quantitative estimate of drug-likeness (QED) is 0.786. The van der Waals surface area contributed by atoms with E-state index in [0.717, 1.165) is 5.56 Å². The normalized spacial score (nSPS) is 12.0. The molecule has 0 aliphatic rings. The maximum absolute atomic E-state index is 11.0. The van der Waals surface area contributed by atoms with Crippen LogP contribution in [-0.2, 0) is 16.1 Å². The Morgan fingerprint density at radius 1 is 1.28 bits per heavy atom. The van der Waals surface area contributed by atoms with Crippen molar-refractivity contribution in [2.75, 3.05) is 21.3 Å². The van der Waals surface area contributed by atoms with E-state index in [1.165, 1.54) is 14.2 Å². The van der Waals surface area contributed by atoms with Gasteiger partial charge in [-0.25, -0.2) is 0 Å². The lowest BCUT2D eigenvalue weighted by atomic mass is 10.0. The third-order valence-corrected chi connectivity index (χ3v) is 2.49. The SMILES string of the molecule is COCc1cc(OC)c(C(N)C(=O)O)c(OC)c1. The third kappa shape index (κ3) is 2.91. The fourth-order valence-corrected chi connectivity index (χ4v) is 1.67. The molecule has 1 unspecified atom stereocenters. The molecular weight excluding hydrogens is 238 g/mol. The van der Waals surface area contributed by atoms with Gasteiger partial charge in [-0.05, 0) is 17.7 Å². The molecule has 1 atom stereocenters. The molecular formula is C12H17NO5. The van der Waals surface area contributed by atoms with Crippen molar-refractivity contribution in [2.24, 2.45) is 5.73 Å². The van der Waals surface area contributed by atoms with Gasteiger partial charge >= 0.3 is 5.97 Å². The predicted molar refractivity (Wildman–Crippen MR) is 64.8 cm³/mol. The van der Waals surface area contributed by atoms with Crippen molar-refractivity contribution in [2.45, 2.75) is 12.6 Å². The summed E-state index contributed by atoms with van der Waals surface area (Å²) in [4.78, 5) is 11.0. The zero-order chi connectivity index (χ0) is 13.7. The molecule has 0 amide bonds. The van der Waals surface area contributed by atoms with E-state index < -0.39 is 12.0 Å². The van der Waals surface area contributed by atoms with Gasteiger partial charge < -0.3 is 25.1 Å². The van der Waals surface area contributed by atoms with E-state index in [4.69, 9.17) is 25.1 Å². The number of carbonyl (C=O) groups is 1. The van der Waals surface area contributed by atoms with Crippen LogP contribution in [0.25, 0.3) is 0 Å². The van der Waals surface area contributed by atoms with Crippen LogP contribution in [0, 0.1) is 0 Å². The van der Waals surface area contributed by atoms with Crippen LogP contribution in [0.1, 0.15) is 17.2 Å². The molecule has 0 saturated heterocycles. The summed E-state index contributed by atoms with van der Waals surface area (Å²) in [6.45, 7) is 0.370. The van der Waals surface area contributed by atoms with Gasteiger partial charge in [0, 0.05) is 7.11 Å². The zero-order valence-corrected chi connectivity index (χ0v) is 10.6. The van der Waals surface area contributed by atoms with Gasteiger partial charge in [-0.3, -0.25) is 4.79 Å². The lowest BCUT2D eigenvalue weighted by molar-refractivity contribution is -0.138. The van der Waals surface area contributed by atoms with Crippen LogP contribution in [0.3, 0.4) is 0 Å². The number of aliphatic carboxylic acids is 1. The third-order valence-electron chi connectivity index (χ3n) is 2.49. The first-order valence-electron chi connectivity index (χ1n) is 5.27. The number of rotatable bonds is 6. The smallest absolute Gasteiger partial charge is 0.325 e. The van der Waals surface area contributed by atoms with Crippen LogP contribution in [-0.4, -0.2) is 32.4 Å². The second-order valence-electron chi connectivity index (χ2n) is 3.66. The average Bonchev–Trinajstić information content (AvgIpc) is 2.36. The Bertz CT molecular complexity index is 407. The van der Waals surface area contributed by atoms with Crippen molar-refractivity contribution in [3.63, 3.8) is 0 Å². The molecule has 0 fully saturated rings. The summed E-state index contributed by atoms with van der Waals surface area (Å²) in [5, 5.41) is 8.99. The first-order valence-corrected chi connectivity index (χ1v) is 5.27. The van der Waals surface area contributed by atoms with Crippen LogP contribution in [0.4, 0.5) is 0 Å². The highest BCUT2D eigenvalue weighted by molar-refractivity contribution is 5.78. The molecule has 100 valence electrons. The summed E-state index contributed by atoms with van der Waals surface area (Å²) in [7, 11) is 4.46. The van der Waals surface area contributed by atoms with Gasteiger partial charge in [0.05, 0.1) is 26.4 Å². The first-order chi connectivity index (χ1) is 8.54. The molecule has 6 nitrogen and oxygen atoms in total. The minimum Gasteiger partial charge on any atom is -0.496 e. The van der Waals surface area contributed by atoms with E-state index in [1.807, 2.05) is 0 Å². The molecule has 0 aromatic heterocycles. The molecule has 0 aliphatic carbocycles. The zero-order valence-electron chi connectivity index (χ0n) is 10.6. The van der Waals surface area contributed by atoms with Gasteiger partial charge in [0.1, 0.15) is 17.5 Å². The number of carboxylic acids is 1. The molecule has 6 heteroatoms. The number of hydrogen-bond acceptors (Lipinski definition) is 5. The van der Waals surface area contributed by atoms with E-state index in [1.54, 1.807) is 19.2 Å². The molecule has 1 aromatic carbocycles. The highest BCUT2D eigenvalue weighted by Crippen LogP contribution is 2.35. The van der Waals surface area contributed by atoms with Crippen LogP contribution < -0.4 is 15.2 Å². The minimum absolute atomic E-state index is 0.312. The topological polar surface area (TPSA) is 91.0 Å². The first kappa shape index (κ1) is 14.3. The van der Waals surface area contributed by atoms with E-state index in [-0.39, 0.29) is 0 Å². The number of nitrogens with two attached hydrogens (primary N) is 1. The highest BCUT2D eigenvalue weighted by atomic mass is 16.5. The Morgan fingerprint density at radius 3 is 2.11 bits per heavy atom. The molecule has 1 aromatic rings. The molecule has 18 heavy (non-hydrogen) atoms. The minimum atomic E-state index is -1.20. The molecule has 0 radical (unpaired) electrons. The summed E-state index contributed by atoms with van der Waals surface area (Å²) in [6, 6.07) is 2.17. The van der Waals surface area contributed by atoms with Crippen molar-refractivity contribution < 1.29 is 24.1 Å². The highest BCUT2D eigenvalue weighted by Gasteiger charge is 2.24. The van der Waals surface area contributed by atoms with Crippen LogP contribution in [0.2, 0.25) is 0 Å². The van der Waals surface area contributed by atoms with Crippen LogP contribution in [0.15, 0.2) is 12.1 Å². The number of benzene rings is 1. The predicted octanol–water partition coefficient (Wildman–Crippen LogP) is 0.935. The number of hydrogen-bond donors (Lipinski definition) is 2. The standard InChI is InChI=1S/C12H17NO5/c1-16-6-7-4-8(17-2)10(9(5-7)18-3)11(13)12(14)15/h4-5,11H,6,13H2,1-3H3,(H,14,15). The van der Waals surface area contributed by atoms with Crippen LogP contribution >= 0.6 is 0 Å². The van der Waals surface area contributed by atoms with E-state index in [0.29, 0.717) is 23.7 Å². The average molecular weight is 255 g/mol. The number of ether oxygens (including phenoxy) is 3. The van der Waals surface area contributed by atoms with Gasteiger partial charge in [-0.15, -0.1) is 0 Å². The lowest BCUT2D eigenvalue weighted by Crippen LogP contribution is -2.22. The summed E-state index contributed by atoms with van der Waals surface area (Å²) in [6.07, 6.45) is 0. The molecule has 0 spiro atoms. The Morgan fingerprint density at radius 2 is 1.78 bits per heavy atom. The molecule has 0 heterocycles. The van der Waals surface area contributed by atoms with Crippen molar-refractivity contribution in [1.29, 1.82) is 0 Å². The van der Waals surface area contributed by atoms with E-state index in [2.05, 4.69) is 0 Å². The fraction of sp³-hybridized carbons (Fsp3) is 0.417. The van der Waals surface area contributed by atoms with Gasteiger partial charge in [-0.1, -0.05) is 0 Å². The molecule has 0 saturated carbocycles. The Labute approximate surface area is 105 Å². The Balaban J connectivity index is 3.34. The van der Waals surface area contributed by atoms with Gasteiger partial charge in [0.25, 0.3) is 0 Å². The van der Waals surface area contributed by atoms with Gasteiger partial charge in [0.15, 0.2) is 0 Å². The van der Waals surface area contributed by atoms with Crippen LogP contribution in [0.5, 0.6) is 11.5 Å². The van der Waals surface area contributed by atoms with E-state index >= 15 is 0 Å². The van der Waals surface area contributed by atoms with Gasteiger partial charge in [-0.2, -0.15) is 0 Å². The van der Waals surface area contributed by atoms with Gasteiger partial charge in [0.2, 0.25) is 0 Å².